The van der Waals surface area contributed by atoms with E-state index in [0.29, 0.717) is 0 Å². The molecule has 0 spiro atoms. The largest absolute Gasteiger partial charge is 0.378 e. The SMILES string of the molecule is C=C/C(Br)=C(\C=C)N1CCOCC1. The molecule has 0 radical (unpaired) electrons. The van der Waals surface area contributed by atoms with Crippen molar-refractivity contribution in [1.82, 2.24) is 4.90 Å². The molecule has 0 saturated carbocycles. The molecule has 0 amide bonds. The summed E-state index contributed by atoms with van der Waals surface area (Å²) in [6, 6.07) is 0. The van der Waals surface area contributed by atoms with Gasteiger partial charge in [0.05, 0.1) is 18.9 Å². The number of morpholine rings is 1. The standard InChI is InChI=1S/C10H14BrNO/c1-3-9(11)10(4-2)12-5-7-13-8-6-12/h3-4H,1-2,5-8H2/b10-9-. The van der Waals surface area contributed by atoms with Gasteiger partial charge in [-0.05, 0) is 22.0 Å². The average molecular weight is 244 g/mol. The van der Waals surface area contributed by atoms with Crippen LogP contribution in [0.4, 0.5) is 0 Å². The minimum Gasteiger partial charge on any atom is -0.378 e. The predicted octanol–water partition coefficient (Wildman–Crippen LogP) is 2.30. The number of hydrogen-bond acceptors (Lipinski definition) is 2. The third-order valence-electron chi connectivity index (χ3n) is 1.97. The summed E-state index contributed by atoms with van der Waals surface area (Å²) in [4.78, 5) is 2.24. The molecule has 0 unspecified atom stereocenters. The van der Waals surface area contributed by atoms with Gasteiger partial charge in [-0.15, -0.1) is 0 Å². The minimum absolute atomic E-state index is 0.786. The van der Waals surface area contributed by atoms with Crippen molar-refractivity contribution in [2.45, 2.75) is 0 Å². The predicted molar refractivity (Wildman–Crippen MR) is 58.7 cm³/mol. The van der Waals surface area contributed by atoms with Gasteiger partial charge in [0.25, 0.3) is 0 Å². The van der Waals surface area contributed by atoms with Crippen molar-refractivity contribution >= 4 is 15.9 Å². The van der Waals surface area contributed by atoms with Crippen LogP contribution in [0, 0.1) is 0 Å². The van der Waals surface area contributed by atoms with Crippen molar-refractivity contribution in [3.8, 4) is 0 Å². The molecule has 72 valence electrons. The van der Waals surface area contributed by atoms with Crippen LogP contribution in [0.3, 0.4) is 0 Å². The van der Waals surface area contributed by atoms with E-state index in [4.69, 9.17) is 4.74 Å². The van der Waals surface area contributed by atoms with Gasteiger partial charge in [-0.3, -0.25) is 0 Å². The van der Waals surface area contributed by atoms with Gasteiger partial charge in [0, 0.05) is 17.6 Å². The van der Waals surface area contributed by atoms with Gasteiger partial charge in [0.2, 0.25) is 0 Å². The maximum atomic E-state index is 5.27. The van der Waals surface area contributed by atoms with E-state index < -0.39 is 0 Å². The molecular weight excluding hydrogens is 230 g/mol. The van der Waals surface area contributed by atoms with E-state index in [9.17, 15) is 0 Å². The van der Waals surface area contributed by atoms with Crippen LogP contribution in [0.15, 0.2) is 35.5 Å². The van der Waals surface area contributed by atoms with Crippen LogP contribution in [0.1, 0.15) is 0 Å². The first-order valence-corrected chi connectivity index (χ1v) is 5.06. The van der Waals surface area contributed by atoms with Gasteiger partial charge in [-0.1, -0.05) is 19.2 Å². The number of nitrogens with zero attached hydrogens (tertiary/aromatic N) is 1. The van der Waals surface area contributed by atoms with Gasteiger partial charge in [-0.2, -0.15) is 0 Å². The molecule has 1 heterocycles. The second-order valence-electron chi connectivity index (χ2n) is 2.74. The Labute approximate surface area is 87.7 Å². The van der Waals surface area contributed by atoms with Crippen molar-refractivity contribution in [3.05, 3.63) is 35.5 Å². The molecule has 0 aliphatic carbocycles. The molecule has 0 bridgehead atoms. The van der Waals surface area contributed by atoms with Crippen molar-refractivity contribution < 1.29 is 4.74 Å². The summed E-state index contributed by atoms with van der Waals surface area (Å²) in [6.45, 7) is 10.9. The number of allylic oxidation sites excluding steroid dienone is 3. The molecule has 1 aliphatic rings. The highest BCUT2D eigenvalue weighted by molar-refractivity contribution is 9.11. The lowest BCUT2D eigenvalue weighted by atomic mass is 10.3. The van der Waals surface area contributed by atoms with Crippen molar-refractivity contribution in [2.24, 2.45) is 0 Å². The lowest BCUT2D eigenvalue weighted by molar-refractivity contribution is 0.0553. The molecule has 1 aliphatic heterocycles. The van der Waals surface area contributed by atoms with Crippen LogP contribution in [0.25, 0.3) is 0 Å². The molecule has 13 heavy (non-hydrogen) atoms. The fraction of sp³-hybridized carbons (Fsp3) is 0.400. The zero-order valence-corrected chi connectivity index (χ0v) is 9.22. The molecule has 0 atom stereocenters. The topological polar surface area (TPSA) is 12.5 Å². The Bertz CT molecular complexity index is 229. The third kappa shape index (κ3) is 2.71. The summed E-state index contributed by atoms with van der Waals surface area (Å²) in [5.41, 5.74) is 1.10. The smallest absolute Gasteiger partial charge is 0.0642 e. The molecular formula is C10H14BrNO. The van der Waals surface area contributed by atoms with Crippen molar-refractivity contribution in [3.63, 3.8) is 0 Å². The molecule has 1 saturated heterocycles. The quantitative estimate of drug-likeness (QED) is 0.706. The number of halogens is 1. The molecule has 3 heteroatoms. The van der Waals surface area contributed by atoms with E-state index in [1.165, 1.54) is 0 Å². The Morgan fingerprint density at radius 1 is 1.23 bits per heavy atom. The molecule has 0 aromatic heterocycles. The van der Waals surface area contributed by atoms with Gasteiger partial charge in [0.1, 0.15) is 0 Å². The number of rotatable bonds is 3. The maximum Gasteiger partial charge on any atom is 0.0642 e. The Balaban J connectivity index is 2.75. The van der Waals surface area contributed by atoms with E-state index in [-0.39, 0.29) is 0 Å². The van der Waals surface area contributed by atoms with Gasteiger partial charge < -0.3 is 9.64 Å². The first kappa shape index (κ1) is 10.5. The highest BCUT2D eigenvalue weighted by atomic mass is 79.9. The van der Waals surface area contributed by atoms with Gasteiger partial charge >= 0.3 is 0 Å². The summed E-state index contributed by atoms with van der Waals surface area (Å²) in [7, 11) is 0. The van der Waals surface area contributed by atoms with E-state index in [1.807, 2.05) is 6.08 Å². The average Bonchev–Trinajstić information content (AvgIpc) is 2.20. The van der Waals surface area contributed by atoms with Crippen molar-refractivity contribution in [2.75, 3.05) is 26.3 Å². The maximum absolute atomic E-state index is 5.27. The Kier molecular flexibility index (Phi) is 4.25. The van der Waals surface area contributed by atoms with Crippen LogP contribution in [0.5, 0.6) is 0 Å². The fourth-order valence-corrected chi connectivity index (χ4v) is 1.70. The highest BCUT2D eigenvalue weighted by Crippen LogP contribution is 2.18. The Hall–Kier alpha value is -0.540. The lowest BCUT2D eigenvalue weighted by Crippen LogP contribution is -2.35. The zero-order chi connectivity index (χ0) is 9.68. The Morgan fingerprint density at radius 3 is 2.31 bits per heavy atom. The van der Waals surface area contributed by atoms with E-state index in [2.05, 4.69) is 34.0 Å². The second kappa shape index (κ2) is 5.25. The molecule has 1 fully saturated rings. The minimum atomic E-state index is 0.786. The van der Waals surface area contributed by atoms with Crippen LogP contribution >= 0.6 is 15.9 Å². The van der Waals surface area contributed by atoms with Gasteiger partial charge in [0.15, 0.2) is 0 Å². The number of ether oxygens (including phenoxy) is 1. The summed E-state index contributed by atoms with van der Waals surface area (Å²) in [5, 5.41) is 0. The normalized spacial score (nSPS) is 19.3. The van der Waals surface area contributed by atoms with Crippen molar-refractivity contribution in [1.29, 1.82) is 0 Å². The monoisotopic (exact) mass is 243 g/mol. The first-order chi connectivity index (χ1) is 6.29. The van der Waals surface area contributed by atoms with Crippen LogP contribution in [-0.4, -0.2) is 31.2 Å². The van der Waals surface area contributed by atoms with Crippen LogP contribution < -0.4 is 0 Å². The molecule has 0 N–H and O–H groups in total. The molecule has 2 nitrogen and oxygen atoms in total. The molecule has 0 aromatic rings. The van der Waals surface area contributed by atoms with Gasteiger partial charge in [-0.25, -0.2) is 0 Å². The lowest BCUT2D eigenvalue weighted by Gasteiger charge is -2.30. The Morgan fingerprint density at radius 2 is 1.85 bits per heavy atom. The fourth-order valence-electron chi connectivity index (χ4n) is 1.29. The third-order valence-corrected chi connectivity index (χ3v) is 2.70. The first-order valence-electron chi connectivity index (χ1n) is 4.27. The second-order valence-corrected chi connectivity index (χ2v) is 3.60. The molecule has 0 aromatic carbocycles. The summed E-state index contributed by atoms with van der Waals surface area (Å²) < 4.78 is 6.26. The summed E-state index contributed by atoms with van der Waals surface area (Å²) in [5.74, 6) is 0. The van der Waals surface area contributed by atoms with Crippen LogP contribution in [0.2, 0.25) is 0 Å². The molecule has 1 rings (SSSR count). The van der Waals surface area contributed by atoms with E-state index in [0.717, 1.165) is 36.5 Å². The highest BCUT2D eigenvalue weighted by Gasteiger charge is 2.12. The summed E-state index contributed by atoms with van der Waals surface area (Å²) in [6.07, 6.45) is 3.63. The van der Waals surface area contributed by atoms with E-state index >= 15 is 0 Å². The summed E-state index contributed by atoms with van der Waals surface area (Å²) >= 11 is 3.45. The number of hydrogen-bond donors (Lipinski definition) is 0. The zero-order valence-electron chi connectivity index (χ0n) is 7.63. The van der Waals surface area contributed by atoms with E-state index in [1.54, 1.807) is 6.08 Å². The van der Waals surface area contributed by atoms with Crippen LogP contribution in [-0.2, 0) is 4.74 Å².